The fourth-order valence-electron chi connectivity index (χ4n) is 2.50. The molecule has 1 saturated heterocycles. The van der Waals surface area contributed by atoms with Crippen molar-refractivity contribution < 1.29 is 9.53 Å². The second-order valence-electron chi connectivity index (χ2n) is 4.56. The number of fused-ring (bicyclic) bond motifs is 1. The molecule has 12 heavy (non-hydrogen) atoms. The molecule has 2 heteroatoms. The Bertz CT molecular complexity index is 208. The SMILES string of the molecule is CC1(C)C(=O)O[C@@H]2CCCC[C@H]21. The van der Waals surface area contributed by atoms with Gasteiger partial charge in [0.1, 0.15) is 6.10 Å². The number of hydrogen-bond donors (Lipinski definition) is 0. The van der Waals surface area contributed by atoms with Crippen LogP contribution >= 0.6 is 0 Å². The summed E-state index contributed by atoms with van der Waals surface area (Å²) in [5.41, 5.74) is -0.217. The largest absolute Gasteiger partial charge is 0.462 e. The van der Waals surface area contributed by atoms with Gasteiger partial charge in [-0.25, -0.2) is 0 Å². The monoisotopic (exact) mass is 168 g/mol. The minimum Gasteiger partial charge on any atom is -0.462 e. The highest BCUT2D eigenvalue weighted by Gasteiger charge is 2.51. The Labute approximate surface area is 73.3 Å². The summed E-state index contributed by atoms with van der Waals surface area (Å²) in [5.74, 6) is 0.498. The zero-order valence-corrected chi connectivity index (χ0v) is 7.80. The lowest BCUT2D eigenvalue weighted by Crippen LogP contribution is -2.30. The van der Waals surface area contributed by atoms with Crippen LogP contribution in [-0.2, 0) is 9.53 Å². The van der Waals surface area contributed by atoms with Gasteiger partial charge in [0, 0.05) is 5.92 Å². The standard InChI is InChI=1S/C10H16O2/c1-10(2)7-5-3-4-6-8(7)12-9(10)11/h7-8H,3-6H2,1-2H3/t7-,8-/m1/s1. The van der Waals surface area contributed by atoms with Crippen molar-refractivity contribution in [2.24, 2.45) is 11.3 Å². The molecule has 0 aromatic heterocycles. The molecular weight excluding hydrogens is 152 g/mol. The molecule has 2 rings (SSSR count). The normalized spacial score (nSPS) is 39.0. The first-order valence-corrected chi connectivity index (χ1v) is 4.83. The highest BCUT2D eigenvalue weighted by Crippen LogP contribution is 2.46. The predicted octanol–water partition coefficient (Wildman–Crippen LogP) is 2.13. The van der Waals surface area contributed by atoms with Gasteiger partial charge in [-0.15, -0.1) is 0 Å². The molecule has 0 aromatic carbocycles. The number of esters is 1. The molecule has 1 aliphatic carbocycles. The van der Waals surface area contributed by atoms with Gasteiger partial charge in [-0.2, -0.15) is 0 Å². The van der Waals surface area contributed by atoms with Crippen LogP contribution in [0.3, 0.4) is 0 Å². The van der Waals surface area contributed by atoms with Crippen molar-refractivity contribution in [2.75, 3.05) is 0 Å². The fraction of sp³-hybridized carbons (Fsp3) is 0.900. The molecule has 1 saturated carbocycles. The van der Waals surface area contributed by atoms with Crippen molar-refractivity contribution in [1.82, 2.24) is 0 Å². The van der Waals surface area contributed by atoms with Crippen molar-refractivity contribution in [3.63, 3.8) is 0 Å². The second kappa shape index (κ2) is 2.48. The number of carbonyl (C=O) groups is 1. The zero-order chi connectivity index (χ0) is 8.77. The van der Waals surface area contributed by atoms with Gasteiger partial charge in [-0.1, -0.05) is 6.42 Å². The molecule has 0 bridgehead atoms. The van der Waals surface area contributed by atoms with Crippen LogP contribution in [0, 0.1) is 11.3 Å². The number of carbonyl (C=O) groups excluding carboxylic acids is 1. The Balaban J connectivity index is 2.22. The molecule has 0 radical (unpaired) electrons. The van der Waals surface area contributed by atoms with Gasteiger partial charge in [-0.3, -0.25) is 4.79 Å². The Morgan fingerprint density at radius 1 is 1.33 bits per heavy atom. The maximum absolute atomic E-state index is 11.4. The Kier molecular flexibility index (Phi) is 1.67. The minimum absolute atomic E-state index is 0.0133. The summed E-state index contributed by atoms with van der Waals surface area (Å²) in [4.78, 5) is 11.4. The molecule has 2 fully saturated rings. The highest BCUT2D eigenvalue weighted by atomic mass is 16.6. The molecule has 0 unspecified atom stereocenters. The van der Waals surface area contributed by atoms with E-state index in [0.29, 0.717) is 5.92 Å². The topological polar surface area (TPSA) is 26.3 Å². The molecule has 68 valence electrons. The van der Waals surface area contributed by atoms with Gasteiger partial charge in [0.25, 0.3) is 0 Å². The Morgan fingerprint density at radius 2 is 2.00 bits per heavy atom. The predicted molar refractivity (Wildman–Crippen MR) is 45.6 cm³/mol. The maximum Gasteiger partial charge on any atom is 0.312 e. The van der Waals surface area contributed by atoms with Crippen LogP contribution in [0.5, 0.6) is 0 Å². The minimum atomic E-state index is -0.217. The van der Waals surface area contributed by atoms with Crippen molar-refractivity contribution >= 4 is 5.97 Å². The lowest BCUT2D eigenvalue weighted by Gasteiger charge is -2.28. The van der Waals surface area contributed by atoms with E-state index in [1.165, 1.54) is 19.3 Å². The van der Waals surface area contributed by atoms with Crippen LogP contribution in [0.15, 0.2) is 0 Å². The smallest absolute Gasteiger partial charge is 0.312 e. The lowest BCUT2D eigenvalue weighted by atomic mass is 9.72. The van der Waals surface area contributed by atoms with Gasteiger partial charge < -0.3 is 4.74 Å². The summed E-state index contributed by atoms with van der Waals surface area (Å²) < 4.78 is 5.34. The van der Waals surface area contributed by atoms with Crippen LogP contribution in [-0.4, -0.2) is 12.1 Å². The van der Waals surface area contributed by atoms with E-state index in [1.807, 2.05) is 13.8 Å². The average Bonchev–Trinajstić information content (AvgIpc) is 2.25. The second-order valence-corrected chi connectivity index (χ2v) is 4.56. The number of hydrogen-bond acceptors (Lipinski definition) is 2. The van der Waals surface area contributed by atoms with Crippen LogP contribution in [0.4, 0.5) is 0 Å². The van der Waals surface area contributed by atoms with Crippen LogP contribution in [0.2, 0.25) is 0 Å². The van der Waals surface area contributed by atoms with Crippen molar-refractivity contribution in [3.8, 4) is 0 Å². The molecular formula is C10H16O2. The van der Waals surface area contributed by atoms with Crippen molar-refractivity contribution in [1.29, 1.82) is 0 Å². The van der Waals surface area contributed by atoms with Gasteiger partial charge in [0.05, 0.1) is 5.41 Å². The third-order valence-electron chi connectivity index (χ3n) is 3.41. The van der Waals surface area contributed by atoms with E-state index < -0.39 is 0 Å². The molecule has 0 N–H and O–H groups in total. The quantitative estimate of drug-likeness (QED) is 0.518. The summed E-state index contributed by atoms with van der Waals surface area (Å²) in [6, 6.07) is 0. The first kappa shape index (κ1) is 8.09. The van der Waals surface area contributed by atoms with Gasteiger partial charge in [-0.05, 0) is 33.1 Å². The fourth-order valence-corrected chi connectivity index (χ4v) is 2.50. The van der Waals surface area contributed by atoms with E-state index in [0.717, 1.165) is 6.42 Å². The number of ether oxygens (including phenoxy) is 1. The molecule has 0 aromatic rings. The van der Waals surface area contributed by atoms with Crippen LogP contribution < -0.4 is 0 Å². The van der Waals surface area contributed by atoms with Crippen molar-refractivity contribution in [2.45, 2.75) is 45.6 Å². The summed E-state index contributed by atoms with van der Waals surface area (Å²) >= 11 is 0. The van der Waals surface area contributed by atoms with E-state index in [-0.39, 0.29) is 17.5 Å². The Hall–Kier alpha value is -0.530. The maximum atomic E-state index is 11.4. The molecule has 0 spiro atoms. The van der Waals surface area contributed by atoms with E-state index >= 15 is 0 Å². The molecule has 1 aliphatic heterocycles. The number of rotatable bonds is 0. The summed E-state index contributed by atoms with van der Waals surface area (Å²) in [5, 5.41) is 0. The van der Waals surface area contributed by atoms with Gasteiger partial charge in [0.2, 0.25) is 0 Å². The summed E-state index contributed by atoms with van der Waals surface area (Å²) in [6.07, 6.45) is 4.98. The summed E-state index contributed by atoms with van der Waals surface area (Å²) in [6.45, 7) is 4.04. The molecule has 2 aliphatic rings. The van der Waals surface area contributed by atoms with Crippen molar-refractivity contribution in [3.05, 3.63) is 0 Å². The third-order valence-corrected chi connectivity index (χ3v) is 3.41. The van der Waals surface area contributed by atoms with Gasteiger partial charge in [0.15, 0.2) is 0 Å². The summed E-state index contributed by atoms with van der Waals surface area (Å²) in [7, 11) is 0. The van der Waals surface area contributed by atoms with Crippen LogP contribution in [0.1, 0.15) is 39.5 Å². The molecule has 0 amide bonds. The van der Waals surface area contributed by atoms with E-state index in [9.17, 15) is 4.79 Å². The zero-order valence-electron chi connectivity index (χ0n) is 7.80. The Morgan fingerprint density at radius 3 is 2.67 bits per heavy atom. The highest BCUT2D eigenvalue weighted by molar-refractivity contribution is 5.78. The molecule has 2 atom stereocenters. The van der Waals surface area contributed by atoms with E-state index in [1.54, 1.807) is 0 Å². The molecule has 2 nitrogen and oxygen atoms in total. The van der Waals surface area contributed by atoms with Gasteiger partial charge >= 0.3 is 5.97 Å². The van der Waals surface area contributed by atoms with Crippen LogP contribution in [0.25, 0.3) is 0 Å². The van der Waals surface area contributed by atoms with E-state index in [4.69, 9.17) is 4.74 Å². The first-order valence-electron chi connectivity index (χ1n) is 4.83. The lowest BCUT2D eigenvalue weighted by molar-refractivity contribution is -0.147. The third kappa shape index (κ3) is 0.970. The van der Waals surface area contributed by atoms with E-state index in [2.05, 4.69) is 0 Å². The molecule has 1 heterocycles. The first-order chi connectivity index (χ1) is 5.62. The average molecular weight is 168 g/mol.